The SMILES string of the molecule is COc1cccc(CCNC(=O)c2coc(NC(=O)c3cccs3)n2)c1. The second kappa shape index (κ2) is 8.30. The van der Waals surface area contributed by atoms with E-state index in [4.69, 9.17) is 9.15 Å². The monoisotopic (exact) mass is 371 g/mol. The van der Waals surface area contributed by atoms with Gasteiger partial charge in [-0.25, -0.2) is 0 Å². The molecule has 3 rings (SSSR count). The van der Waals surface area contributed by atoms with Crippen LogP contribution < -0.4 is 15.4 Å². The highest BCUT2D eigenvalue weighted by atomic mass is 32.1. The van der Waals surface area contributed by atoms with Gasteiger partial charge in [0.25, 0.3) is 11.8 Å². The summed E-state index contributed by atoms with van der Waals surface area (Å²) in [5.41, 5.74) is 1.16. The Morgan fingerprint density at radius 3 is 2.88 bits per heavy atom. The number of hydrogen-bond donors (Lipinski definition) is 2. The number of oxazole rings is 1. The highest BCUT2D eigenvalue weighted by molar-refractivity contribution is 7.12. The Kier molecular flexibility index (Phi) is 5.65. The van der Waals surface area contributed by atoms with Crippen molar-refractivity contribution in [2.24, 2.45) is 0 Å². The minimum Gasteiger partial charge on any atom is -0.497 e. The predicted molar refractivity (Wildman–Crippen MR) is 97.8 cm³/mol. The first kappa shape index (κ1) is 17.7. The van der Waals surface area contributed by atoms with E-state index in [-0.39, 0.29) is 23.5 Å². The van der Waals surface area contributed by atoms with Gasteiger partial charge in [-0.3, -0.25) is 14.9 Å². The highest BCUT2D eigenvalue weighted by Gasteiger charge is 2.15. The molecule has 0 saturated heterocycles. The minimum absolute atomic E-state index is 0.0126. The van der Waals surface area contributed by atoms with Crippen LogP contribution in [0.15, 0.2) is 52.5 Å². The molecule has 2 amide bonds. The van der Waals surface area contributed by atoms with Crippen molar-refractivity contribution in [3.63, 3.8) is 0 Å². The van der Waals surface area contributed by atoms with Gasteiger partial charge in [-0.2, -0.15) is 4.98 Å². The molecule has 0 aliphatic carbocycles. The van der Waals surface area contributed by atoms with Gasteiger partial charge in [-0.1, -0.05) is 18.2 Å². The van der Waals surface area contributed by atoms with E-state index in [0.717, 1.165) is 11.3 Å². The van der Waals surface area contributed by atoms with Crippen molar-refractivity contribution >= 4 is 29.2 Å². The highest BCUT2D eigenvalue weighted by Crippen LogP contribution is 2.14. The molecule has 0 bridgehead atoms. The van der Waals surface area contributed by atoms with Gasteiger partial charge >= 0.3 is 6.01 Å². The number of anilines is 1. The van der Waals surface area contributed by atoms with E-state index in [0.29, 0.717) is 17.8 Å². The lowest BCUT2D eigenvalue weighted by molar-refractivity contribution is 0.0948. The first-order valence-corrected chi connectivity index (χ1v) is 8.75. The van der Waals surface area contributed by atoms with Crippen LogP contribution in [0.25, 0.3) is 0 Å². The Morgan fingerprint density at radius 1 is 1.23 bits per heavy atom. The Morgan fingerprint density at radius 2 is 2.12 bits per heavy atom. The summed E-state index contributed by atoms with van der Waals surface area (Å²) in [5, 5.41) is 7.08. The van der Waals surface area contributed by atoms with Crippen molar-refractivity contribution in [3.05, 3.63) is 64.2 Å². The smallest absolute Gasteiger partial charge is 0.302 e. The van der Waals surface area contributed by atoms with Crippen molar-refractivity contribution < 1.29 is 18.7 Å². The number of thiophene rings is 1. The average Bonchev–Trinajstić information content (AvgIpc) is 3.34. The van der Waals surface area contributed by atoms with E-state index < -0.39 is 0 Å². The molecule has 7 nitrogen and oxygen atoms in total. The maximum atomic E-state index is 12.1. The van der Waals surface area contributed by atoms with Gasteiger partial charge in [-0.05, 0) is 35.6 Å². The molecular formula is C18H17N3O4S. The number of rotatable bonds is 7. The molecule has 1 aromatic carbocycles. The van der Waals surface area contributed by atoms with Crippen LogP contribution in [-0.4, -0.2) is 30.5 Å². The van der Waals surface area contributed by atoms with Crippen molar-refractivity contribution in [2.75, 3.05) is 19.0 Å². The van der Waals surface area contributed by atoms with Crippen LogP contribution in [0.5, 0.6) is 5.75 Å². The fourth-order valence-electron chi connectivity index (χ4n) is 2.24. The Hall–Kier alpha value is -3.13. The standard InChI is InChI=1S/C18H17N3O4S/c1-24-13-5-2-4-12(10-13)7-8-19-16(22)14-11-25-18(20-14)21-17(23)15-6-3-9-26-15/h2-6,9-11H,7-8H2,1H3,(H,19,22)(H,20,21,23). The largest absolute Gasteiger partial charge is 0.497 e. The molecule has 0 radical (unpaired) electrons. The molecule has 0 aliphatic rings. The quantitative estimate of drug-likeness (QED) is 0.666. The maximum absolute atomic E-state index is 12.1. The molecule has 0 fully saturated rings. The summed E-state index contributed by atoms with van der Waals surface area (Å²) < 4.78 is 10.3. The van der Waals surface area contributed by atoms with E-state index in [2.05, 4.69) is 15.6 Å². The molecule has 2 N–H and O–H groups in total. The van der Waals surface area contributed by atoms with Gasteiger partial charge in [0, 0.05) is 6.54 Å². The normalized spacial score (nSPS) is 10.3. The molecule has 2 aromatic heterocycles. The maximum Gasteiger partial charge on any atom is 0.302 e. The van der Waals surface area contributed by atoms with Crippen LogP contribution >= 0.6 is 11.3 Å². The van der Waals surface area contributed by atoms with Crippen molar-refractivity contribution in [3.8, 4) is 5.75 Å². The van der Waals surface area contributed by atoms with Crippen LogP contribution in [-0.2, 0) is 6.42 Å². The zero-order chi connectivity index (χ0) is 18.4. The van der Waals surface area contributed by atoms with Crippen LogP contribution in [0, 0.1) is 0 Å². The second-order valence-corrected chi connectivity index (χ2v) is 6.27. The molecule has 0 unspecified atom stereocenters. The molecule has 0 aliphatic heterocycles. The van der Waals surface area contributed by atoms with Crippen molar-refractivity contribution in [1.82, 2.24) is 10.3 Å². The van der Waals surface area contributed by atoms with E-state index in [9.17, 15) is 9.59 Å². The number of ether oxygens (including phenoxy) is 1. The second-order valence-electron chi connectivity index (χ2n) is 5.33. The molecule has 0 atom stereocenters. The van der Waals surface area contributed by atoms with Crippen molar-refractivity contribution in [1.29, 1.82) is 0 Å². The summed E-state index contributed by atoms with van der Waals surface area (Å²) in [6, 6.07) is 11.1. The summed E-state index contributed by atoms with van der Waals surface area (Å²) in [7, 11) is 1.61. The number of methoxy groups -OCH3 is 1. The minimum atomic E-state index is -0.367. The molecule has 3 aromatic rings. The molecular weight excluding hydrogens is 354 g/mol. The Bertz CT molecular complexity index is 889. The third-order valence-electron chi connectivity index (χ3n) is 3.54. The van der Waals surface area contributed by atoms with Crippen LogP contribution in [0.1, 0.15) is 25.7 Å². The fourth-order valence-corrected chi connectivity index (χ4v) is 2.86. The first-order valence-electron chi connectivity index (χ1n) is 7.87. The number of aromatic nitrogens is 1. The van der Waals surface area contributed by atoms with Gasteiger partial charge in [0.2, 0.25) is 0 Å². The fraction of sp³-hybridized carbons (Fsp3) is 0.167. The molecule has 26 heavy (non-hydrogen) atoms. The number of carbonyl (C=O) groups is 2. The number of amides is 2. The van der Waals surface area contributed by atoms with Gasteiger partial charge in [0.05, 0.1) is 12.0 Å². The lowest BCUT2D eigenvalue weighted by Crippen LogP contribution is -2.26. The number of carbonyl (C=O) groups excluding carboxylic acids is 2. The van der Waals surface area contributed by atoms with Gasteiger partial charge in [-0.15, -0.1) is 11.3 Å². The van der Waals surface area contributed by atoms with Crippen molar-refractivity contribution in [2.45, 2.75) is 6.42 Å². The lowest BCUT2D eigenvalue weighted by atomic mass is 10.1. The van der Waals surface area contributed by atoms with E-state index in [1.54, 1.807) is 24.6 Å². The Labute approximate surface area is 154 Å². The lowest BCUT2D eigenvalue weighted by Gasteiger charge is -2.05. The van der Waals surface area contributed by atoms with E-state index in [1.807, 2.05) is 24.3 Å². The molecule has 0 saturated carbocycles. The summed E-state index contributed by atoms with van der Waals surface area (Å²) in [5.74, 6) is 0.0801. The van der Waals surface area contributed by atoms with Crippen LogP contribution in [0.4, 0.5) is 6.01 Å². The van der Waals surface area contributed by atoms with Crippen LogP contribution in [0.3, 0.4) is 0 Å². The van der Waals surface area contributed by atoms with Gasteiger partial charge in [0.15, 0.2) is 5.69 Å². The summed E-state index contributed by atoms with van der Waals surface area (Å²) in [6.45, 7) is 0.440. The zero-order valence-electron chi connectivity index (χ0n) is 14.0. The number of hydrogen-bond acceptors (Lipinski definition) is 6. The molecule has 2 heterocycles. The predicted octanol–water partition coefficient (Wildman–Crippen LogP) is 2.97. The van der Waals surface area contributed by atoms with E-state index in [1.165, 1.54) is 17.6 Å². The Balaban J connectivity index is 1.50. The first-order chi connectivity index (χ1) is 12.7. The number of nitrogens with one attached hydrogen (secondary N) is 2. The van der Waals surface area contributed by atoms with E-state index >= 15 is 0 Å². The average molecular weight is 371 g/mol. The summed E-state index contributed by atoms with van der Waals surface area (Å²) in [4.78, 5) is 28.6. The molecule has 0 spiro atoms. The third kappa shape index (κ3) is 4.48. The third-order valence-corrected chi connectivity index (χ3v) is 4.40. The molecule has 8 heteroatoms. The van der Waals surface area contributed by atoms with Gasteiger partial charge < -0.3 is 14.5 Å². The van der Waals surface area contributed by atoms with Gasteiger partial charge in [0.1, 0.15) is 12.0 Å². The summed E-state index contributed by atoms with van der Waals surface area (Å²) in [6.07, 6.45) is 1.87. The molecule has 134 valence electrons. The van der Waals surface area contributed by atoms with Crippen LogP contribution in [0.2, 0.25) is 0 Å². The zero-order valence-corrected chi connectivity index (χ0v) is 14.8. The number of nitrogens with zero attached hydrogens (tertiary/aromatic N) is 1. The number of benzene rings is 1. The topological polar surface area (TPSA) is 93.5 Å². The summed E-state index contributed by atoms with van der Waals surface area (Å²) >= 11 is 1.31.